The summed E-state index contributed by atoms with van der Waals surface area (Å²) in [6.07, 6.45) is 9.59. The van der Waals surface area contributed by atoms with E-state index in [1.165, 1.54) is 5.47 Å². The summed E-state index contributed by atoms with van der Waals surface area (Å²) in [5, 5.41) is 0.339. The average Bonchev–Trinajstić information content (AvgIpc) is 2.45. The molecule has 3 nitrogen and oxygen atoms in total. The third-order valence-corrected chi connectivity index (χ3v) is 10.1. The van der Waals surface area contributed by atoms with Crippen LogP contribution in [0.1, 0.15) is 40.0 Å². The fraction of sp³-hybridized carbons (Fsp3) is 0.750. The summed E-state index contributed by atoms with van der Waals surface area (Å²) in [5.41, 5.74) is 1.38. The third kappa shape index (κ3) is 4.24. The van der Waals surface area contributed by atoms with Gasteiger partial charge in [-0.05, 0) is 30.2 Å². The molecule has 0 saturated carbocycles. The SMILES string of the molecule is CC(C)(C)[Si](C)(C)N1[B]C(CCC2OCCCO2)=CC=C1. The van der Waals surface area contributed by atoms with Crippen molar-refractivity contribution in [1.29, 1.82) is 0 Å². The summed E-state index contributed by atoms with van der Waals surface area (Å²) < 4.78 is 13.7. The zero-order valence-corrected chi connectivity index (χ0v) is 15.2. The lowest BCUT2D eigenvalue weighted by molar-refractivity contribution is -0.180. The number of nitrogens with zero attached hydrogens (tertiary/aromatic N) is 1. The second-order valence-corrected chi connectivity index (χ2v) is 12.6. The Morgan fingerprint density at radius 2 is 1.95 bits per heavy atom. The highest BCUT2D eigenvalue weighted by molar-refractivity contribution is 6.83. The summed E-state index contributed by atoms with van der Waals surface area (Å²) in [6, 6.07) is 0. The minimum Gasteiger partial charge on any atom is -0.448 e. The van der Waals surface area contributed by atoms with E-state index in [1.54, 1.807) is 0 Å². The van der Waals surface area contributed by atoms with E-state index in [9.17, 15) is 0 Å². The van der Waals surface area contributed by atoms with Gasteiger partial charge in [-0.2, -0.15) is 0 Å². The molecule has 0 aromatic rings. The number of rotatable bonds is 4. The van der Waals surface area contributed by atoms with Gasteiger partial charge >= 0.3 is 0 Å². The van der Waals surface area contributed by atoms with Crippen LogP contribution in [0, 0.1) is 0 Å². The van der Waals surface area contributed by atoms with Crippen molar-refractivity contribution in [2.75, 3.05) is 13.2 Å². The van der Waals surface area contributed by atoms with Gasteiger partial charge in [0.15, 0.2) is 6.29 Å². The van der Waals surface area contributed by atoms with Crippen LogP contribution in [0.2, 0.25) is 18.1 Å². The molecular formula is C16H29BNO2Si. The van der Waals surface area contributed by atoms with E-state index in [-0.39, 0.29) is 6.29 Å². The molecule has 0 atom stereocenters. The molecule has 2 rings (SSSR count). The predicted octanol–water partition coefficient (Wildman–Crippen LogP) is 3.87. The zero-order valence-electron chi connectivity index (χ0n) is 14.2. The van der Waals surface area contributed by atoms with E-state index in [0.29, 0.717) is 5.04 Å². The first-order valence-corrected chi connectivity index (χ1v) is 11.0. The highest BCUT2D eigenvalue weighted by atomic mass is 28.3. The monoisotopic (exact) mass is 306 g/mol. The second kappa shape index (κ2) is 6.71. The Labute approximate surface area is 131 Å². The molecule has 117 valence electrons. The molecule has 0 amide bonds. The molecule has 1 fully saturated rings. The maximum Gasteiger partial charge on any atom is 0.271 e. The molecule has 2 aliphatic heterocycles. The molecule has 2 heterocycles. The number of hydrogen-bond acceptors (Lipinski definition) is 3. The van der Waals surface area contributed by atoms with Crippen LogP contribution in [0.3, 0.4) is 0 Å². The van der Waals surface area contributed by atoms with Crippen LogP contribution in [-0.4, -0.2) is 39.6 Å². The van der Waals surface area contributed by atoms with Crippen LogP contribution < -0.4 is 0 Å². The Morgan fingerprint density at radius 3 is 2.57 bits per heavy atom. The summed E-state index contributed by atoms with van der Waals surface area (Å²) in [5.74, 6) is 0. The van der Waals surface area contributed by atoms with Crippen molar-refractivity contribution in [3.8, 4) is 0 Å². The van der Waals surface area contributed by atoms with Crippen LogP contribution in [0.4, 0.5) is 0 Å². The topological polar surface area (TPSA) is 21.7 Å². The highest BCUT2D eigenvalue weighted by Crippen LogP contribution is 2.39. The van der Waals surface area contributed by atoms with Crippen molar-refractivity contribution in [1.82, 2.24) is 4.48 Å². The van der Waals surface area contributed by atoms with Crippen molar-refractivity contribution < 1.29 is 9.47 Å². The van der Waals surface area contributed by atoms with Crippen LogP contribution in [0.15, 0.2) is 23.8 Å². The van der Waals surface area contributed by atoms with Gasteiger partial charge in [-0.25, -0.2) is 0 Å². The molecule has 0 unspecified atom stereocenters. The lowest BCUT2D eigenvalue weighted by Crippen LogP contribution is -2.54. The largest absolute Gasteiger partial charge is 0.448 e. The normalized spacial score (nSPS) is 21.2. The Kier molecular flexibility index (Phi) is 5.39. The molecule has 0 aromatic heterocycles. The third-order valence-electron chi connectivity index (χ3n) is 4.91. The minimum atomic E-state index is -1.53. The number of ether oxygens (including phenoxy) is 2. The van der Waals surface area contributed by atoms with Crippen molar-refractivity contribution in [3.63, 3.8) is 0 Å². The van der Waals surface area contributed by atoms with Crippen LogP contribution in [0.25, 0.3) is 0 Å². The highest BCUT2D eigenvalue weighted by Gasteiger charge is 2.40. The van der Waals surface area contributed by atoms with Gasteiger partial charge in [0.25, 0.3) is 7.41 Å². The molecule has 0 N–H and O–H groups in total. The maximum atomic E-state index is 5.63. The van der Waals surface area contributed by atoms with Crippen molar-refractivity contribution in [3.05, 3.63) is 23.8 Å². The standard InChI is InChI=1S/C16H29BNO2Si/c1-16(2,3)21(4,5)18-11-6-8-14(17-18)9-10-15-19-12-7-13-20-15/h6,8,11,15H,7,9-10,12-13H2,1-5H3. The van der Waals surface area contributed by atoms with E-state index in [1.807, 2.05) is 0 Å². The predicted molar refractivity (Wildman–Crippen MR) is 91.6 cm³/mol. The Morgan fingerprint density at radius 1 is 1.29 bits per heavy atom. The van der Waals surface area contributed by atoms with Crippen LogP contribution in [0.5, 0.6) is 0 Å². The van der Waals surface area contributed by atoms with Gasteiger partial charge in [0.1, 0.15) is 8.24 Å². The fourth-order valence-electron chi connectivity index (χ4n) is 2.39. The second-order valence-electron chi connectivity index (χ2n) is 7.49. The first-order valence-electron chi connectivity index (χ1n) is 8.04. The quantitative estimate of drug-likeness (QED) is 0.736. The van der Waals surface area contributed by atoms with Crippen LogP contribution in [-0.2, 0) is 9.47 Å². The smallest absolute Gasteiger partial charge is 0.271 e. The molecule has 0 aliphatic carbocycles. The molecule has 5 heteroatoms. The molecule has 0 aromatic carbocycles. The van der Waals surface area contributed by atoms with Gasteiger partial charge in [0, 0.05) is 6.42 Å². The molecular weight excluding hydrogens is 277 g/mol. The zero-order chi connectivity index (χ0) is 15.5. The molecule has 2 aliphatic rings. The minimum absolute atomic E-state index is 0.0136. The van der Waals surface area contributed by atoms with Gasteiger partial charge in [-0.3, -0.25) is 0 Å². The Bertz CT molecular complexity index is 409. The lowest BCUT2D eigenvalue weighted by atomic mass is 9.77. The number of hydrogen-bond donors (Lipinski definition) is 0. The van der Waals surface area contributed by atoms with E-state index in [0.717, 1.165) is 32.5 Å². The first kappa shape index (κ1) is 16.8. The van der Waals surface area contributed by atoms with E-state index in [4.69, 9.17) is 9.47 Å². The number of allylic oxidation sites excluding steroid dienone is 3. The van der Waals surface area contributed by atoms with Gasteiger partial charge in [-0.1, -0.05) is 45.4 Å². The van der Waals surface area contributed by atoms with Gasteiger partial charge in [-0.15, -0.1) is 0 Å². The fourth-order valence-corrected chi connectivity index (χ4v) is 4.12. The lowest BCUT2D eigenvalue weighted by Gasteiger charge is -2.47. The van der Waals surface area contributed by atoms with Crippen molar-refractivity contribution >= 4 is 15.6 Å². The van der Waals surface area contributed by atoms with Gasteiger partial charge in [0.2, 0.25) is 0 Å². The molecule has 1 radical (unpaired) electrons. The molecule has 0 bridgehead atoms. The molecule has 21 heavy (non-hydrogen) atoms. The Hall–Kier alpha value is -0.518. The molecule has 1 saturated heterocycles. The van der Waals surface area contributed by atoms with E-state index < -0.39 is 8.24 Å². The average molecular weight is 306 g/mol. The van der Waals surface area contributed by atoms with Gasteiger partial charge < -0.3 is 14.0 Å². The summed E-state index contributed by atoms with van der Waals surface area (Å²) in [6.45, 7) is 13.6. The summed E-state index contributed by atoms with van der Waals surface area (Å²) >= 11 is 0. The van der Waals surface area contributed by atoms with Gasteiger partial charge in [0.05, 0.1) is 13.2 Å². The first-order chi connectivity index (χ1) is 9.80. The molecule has 0 spiro atoms. The van der Waals surface area contributed by atoms with E-state index in [2.05, 4.69) is 64.1 Å². The maximum absolute atomic E-state index is 5.63. The van der Waals surface area contributed by atoms with E-state index >= 15 is 0 Å². The summed E-state index contributed by atoms with van der Waals surface area (Å²) in [7, 11) is 0.807. The Balaban J connectivity index is 1.89. The summed E-state index contributed by atoms with van der Waals surface area (Å²) in [4.78, 5) is 0. The van der Waals surface area contributed by atoms with Crippen molar-refractivity contribution in [2.45, 2.75) is 64.5 Å². The van der Waals surface area contributed by atoms with Crippen molar-refractivity contribution in [2.24, 2.45) is 0 Å². The van der Waals surface area contributed by atoms with Crippen LogP contribution >= 0.6 is 0 Å².